The maximum atomic E-state index is 12.2. The average Bonchev–Trinajstić information content (AvgIpc) is 2.55. The molecule has 2 N–H and O–H groups in total. The van der Waals surface area contributed by atoms with Crippen molar-refractivity contribution in [1.29, 1.82) is 0 Å². The van der Waals surface area contributed by atoms with Gasteiger partial charge in [-0.15, -0.1) is 0 Å². The first-order chi connectivity index (χ1) is 11.4. The van der Waals surface area contributed by atoms with Gasteiger partial charge in [0.25, 0.3) is 0 Å². The number of nitrogens with one attached hydrogen (secondary N) is 1. The van der Waals surface area contributed by atoms with Crippen molar-refractivity contribution >= 4 is 23.3 Å². The Morgan fingerprint density at radius 1 is 0.917 bits per heavy atom. The summed E-state index contributed by atoms with van der Waals surface area (Å²) in [5.74, 6) is -1.47. The van der Waals surface area contributed by atoms with Gasteiger partial charge in [0, 0.05) is 24.1 Å². The lowest BCUT2D eigenvalue weighted by Gasteiger charge is -2.07. The van der Waals surface area contributed by atoms with E-state index in [4.69, 9.17) is 5.11 Å². The van der Waals surface area contributed by atoms with Gasteiger partial charge in [0.2, 0.25) is 5.91 Å². The summed E-state index contributed by atoms with van der Waals surface area (Å²) in [7, 11) is 0. The molecule has 0 heterocycles. The number of amides is 1. The molecule has 0 unspecified atom stereocenters. The fourth-order valence-corrected chi connectivity index (χ4v) is 2.24. The topological polar surface area (TPSA) is 83.5 Å². The molecule has 0 saturated carbocycles. The van der Waals surface area contributed by atoms with Crippen molar-refractivity contribution in [3.05, 3.63) is 64.7 Å². The van der Waals surface area contributed by atoms with Gasteiger partial charge >= 0.3 is 5.97 Å². The zero-order chi connectivity index (χ0) is 17.7. The standard InChI is InChI=1S/C19H19NO4/c1-12-6-7-14(10-13(12)2)17(21)8-9-18(22)20-16-5-3-4-15(11-16)19(23)24/h3-7,10-11H,8-9H2,1-2H3,(H,20,22)(H,23,24). The summed E-state index contributed by atoms with van der Waals surface area (Å²) in [6, 6.07) is 11.5. The van der Waals surface area contributed by atoms with Crippen LogP contribution in [0.25, 0.3) is 0 Å². The second-order valence-electron chi connectivity index (χ2n) is 5.66. The summed E-state index contributed by atoms with van der Waals surface area (Å²) < 4.78 is 0. The van der Waals surface area contributed by atoms with Crippen molar-refractivity contribution in [2.45, 2.75) is 26.7 Å². The summed E-state index contributed by atoms with van der Waals surface area (Å²) in [5.41, 5.74) is 3.25. The quantitative estimate of drug-likeness (QED) is 0.795. The van der Waals surface area contributed by atoms with Crippen molar-refractivity contribution in [1.82, 2.24) is 0 Å². The molecule has 0 saturated heterocycles. The third kappa shape index (κ3) is 4.52. The Morgan fingerprint density at radius 2 is 1.67 bits per heavy atom. The van der Waals surface area contributed by atoms with Crippen LogP contribution in [-0.2, 0) is 4.79 Å². The van der Waals surface area contributed by atoms with E-state index in [2.05, 4.69) is 5.32 Å². The minimum atomic E-state index is -1.06. The number of carbonyl (C=O) groups is 3. The molecule has 0 spiro atoms. The van der Waals surface area contributed by atoms with Crippen LogP contribution in [0.4, 0.5) is 5.69 Å². The highest BCUT2D eigenvalue weighted by molar-refractivity contribution is 6.00. The molecule has 0 radical (unpaired) electrons. The molecule has 0 aliphatic heterocycles. The zero-order valence-electron chi connectivity index (χ0n) is 13.6. The van der Waals surface area contributed by atoms with Crippen LogP contribution in [0.2, 0.25) is 0 Å². The molecule has 0 atom stereocenters. The molecule has 2 aromatic rings. The molecule has 0 fully saturated rings. The predicted octanol–water partition coefficient (Wildman–Crippen LogP) is 3.60. The van der Waals surface area contributed by atoms with E-state index in [1.54, 1.807) is 18.2 Å². The summed E-state index contributed by atoms with van der Waals surface area (Å²) in [5, 5.41) is 11.5. The van der Waals surface area contributed by atoms with E-state index in [1.165, 1.54) is 12.1 Å². The van der Waals surface area contributed by atoms with Gasteiger partial charge in [-0.05, 0) is 49.2 Å². The third-order valence-electron chi connectivity index (χ3n) is 3.80. The van der Waals surface area contributed by atoms with Crippen LogP contribution in [0.3, 0.4) is 0 Å². The van der Waals surface area contributed by atoms with Crippen LogP contribution >= 0.6 is 0 Å². The Bertz CT molecular complexity index is 796. The number of carboxylic acids is 1. The Labute approximate surface area is 140 Å². The Balaban J connectivity index is 1.93. The fourth-order valence-electron chi connectivity index (χ4n) is 2.24. The number of benzene rings is 2. The van der Waals surface area contributed by atoms with Crippen molar-refractivity contribution in [2.24, 2.45) is 0 Å². The number of carbonyl (C=O) groups excluding carboxylic acids is 2. The van der Waals surface area contributed by atoms with Crippen LogP contribution in [0, 0.1) is 13.8 Å². The molecule has 0 aromatic heterocycles. The van der Waals surface area contributed by atoms with E-state index in [-0.39, 0.29) is 30.1 Å². The first kappa shape index (κ1) is 17.4. The molecule has 2 aromatic carbocycles. The SMILES string of the molecule is Cc1ccc(C(=O)CCC(=O)Nc2cccc(C(=O)O)c2)cc1C. The maximum Gasteiger partial charge on any atom is 0.335 e. The second kappa shape index (κ2) is 7.55. The number of rotatable bonds is 6. The van der Waals surface area contributed by atoms with Crippen LogP contribution in [0.15, 0.2) is 42.5 Å². The summed E-state index contributed by atoms with van der Waals surface area (Å²) in [6.45, 7) is 3.91. The van der Waals surface area contributed by atoms with E-state index in [9.17, 15) is 14.4 Å². The summed E-state index contributed by atoms with van der Waals surface area (Å²) in [4.78, 5) is 35.0. The number of hydrogen-bond donors (Lipinski definition) is 2. The number of carboxylic acid groups (broad SMARTS) is 1. The largest absolute Gasteiger partial charge is 0.478 e. The number of Topliss-reactive ketones (excluding diaryl/α,β-unsaturated/α-hetero) is 1. The zero-order valence-corrected chi connectivity index (χ0v) is 13.6. The van der Waals surface area contributed by atoms with Crippen molar-refractivity contribution < 1.29 is 19.5 Å². The van der Waals surface area contributed by atoms with Crippen molar-refractivity contribution in [3.63, 3.8) is 0 Å². The molecule has 0 aliphatic rings. The van der Waals surface area contributed by atoms with Gasteiger partial charge in [-0.25, -0.2) is 4.79 Å². The van der Waals surface area contributed by atoms with E-state index in [0.29, 0.717) is 11.3 Å². The van der Waals surface area contributed by atoms with Gasteiger partial charge in [-0.2, -0.15) is 0 Å². The van der Waals surface area contributed by atoms with Gasteiger partial charge in [0.15, 0.2) is 5.78 Å². The number of aromatic carboxylic acids is 1. The van der Waals surface area contributed by atoms with E-state index in [0.717, 1.165) is 11.1 Å². The molecule has 24 heavy (non-hydrogen) atoms. The monoisotopic (exact) mass is 325 g/mol. The van der Waals surface area contributed by atoms with Gasteiger partial charge in [0.05, 0.1) is 5.56 Å². The lowest BCUT2D eigenvalue weighted by atomic mass is 10.0. The van der Waals surface area contributed by atoms with E-state index >= 15 is 0 Å². The normalized spacial score (nSPS) is 10.2. The smallest absolute Gasteiger partial charge is 0.335 e. The van der Waals surface area contributed by atoms with Crippen LogP contribution in [0.1, 0.15) is 44.7 Å². The molecular weight excluding hydrogens is 306 g/mol. The van der Waals surface area contributed by atoms with Gasteiger partial charge in [-0.3, -0.25) is 9.59 Å². The van der Waals surface area contributed by atoms with Crippen molar-refractivity contribution in [2.75, 3.05) is 5.32 Å². The first-order valence-electron chi connectivity index (χ1n) is 7.60. The highest BCUT2D eigenvalue weighted by Crippen LogP contribution is 2.14. The van der Waals surface area contributed by atoms with E-state index in [1.807, 2.05) is 26.0 Å². The number of aryl methyl sites for hydroxylation is 2. The van der Waals surface area contributed by atoms with Gasteiger partial charge in [-0.1, -0.05) is 18.2 Å². The molecule has 5 nitrogen and oxygen atoms in total. The minimum Gasteiger partial charge on any atom is -0.478 e. The minimum absolute atomic E-state index is 0.0447. The van der Waals surface area contributed by atoms with Crippen molar-refractivity contribution in [3.8, 4) is 0 Å². The number of hydrogen-bond acceptors (Lipinski definition) is 3. The Morgan fingerprint density at radius 3 is 2.33 bits per heavy atom. The molecule has 0 bridgehead atoms. The summed E-state index contributed by atoms with van der Waals surface area (Å²) >= 11 is 0. The second-order valence-corrected chi connectivity index (χ2v) is 5.66. The molecular formula is C19H19NO4. The maximum absolute atomic E-state index is 12.2. The third-order valence-corrected chi connectivity index (χ3v) is 3.80. The molecule has 5 heteroatoms. The Hall–Kier alpha value is -2.95. The molecule has 2 rings (SSSR count). The molecule has 1 amide bonds. The highest BCUT2D eigenvalue weighted by atomic mass is 16.4. The lowest BCUT2D eigenvalue weighted by Crippen LogP contribution is -2.14. The lowest BCUT2D eigenvalue weighted by molar-refractivity contribution is -0.116. The molecule has 0 aliphatic carbocycles. The number of ketones is 1. The Kier molecular flexibility index (Phi) is 5.47. The van der Waals surface area contributed by atoms with Crippen LogP contribution in [0.5, 0.6) is 0 Å². The van der Waals surface area contributed by atoms with Gasteiger partial charge in [0.1, 0.15) is 0 Å². The average molecular weight is 325 g/mol. The predicted molar refractivity (Wildman–Crippen MR) is 91.5 cm³/mol. The van der Waals surface area contributed by atoms with E-state index < -0.39 is 5.97 Å². The summed E-state index contributed by atoms with van der Waals surface area (Å²) in [6.07, 6.45) is 0.149. The highest BCUT2D eigenvalue weighted by Gasteiger charge is 2.11. The molecule has 124 valence electrons. The fraction of sp³-hybridized carbons (Fsp3) is 0.211. The van der Waals surface area contributed by atoms with Crippen LogP contribution in [-0.4, -0.2) is 22.8 Å². The van der Waals surface area contributed by atoms with Crippen LogP contribution < -0.4 is 5.32 Å². The number of anilines is 1. The first-order valence-corrected chi connectivity index (χ1v) is 7.60. The van der Waals surface area contributed by atoms with Gasteiger partial charge < -0.3 is 10.4 Å².